The number of nitrogens with one attached hydrogen (secondary N) is 2. The van der Waals surface area contributed by atoms with E-state index in [1.165, 1.54) is 12.1 Å². The highest BCUT2D eigenvalue weighted by Crippen LogP contribution is 2.15. The SMILES string of the molecule is O=C1CCC[C@H](C(=O)Nc2ccccc2F)N1. The third-order valence-electron chi connectivity index (χ3n) is 2.68. The largest absolute Gasteiger partial charge is 0.344 e. The molecule has 0 bridgehead atoms. The van der Waals surface area contributed by atoms with Crippen LogP contribution in [0.1, 0.15) is 19.3 Å². The first kappa shape index (κ1) is 11.6. The van der Waals surface area contributed by atoms with Crippen LogP contribution in [0.5, 0.6) is 0 Å². The maximum atomic E-state index is 13.3. The van der Waals surface area contributed by atoms with Crippen molar-refractivity contribution >= 4 is 17.5 Å². The molecule has 2 rings (SSSR count). The lowest BCUT2D eigenvalue weighted by atomic mass is 10.0. The molecule has 1 heterocycles. The van der Waals surface area contributed by atoms with Crippen LogP contribution >= 0.6 is 0 Å². The Hall–Kier alpha value is -1.91. The Labute approximate surface area is 98.2 Å². The van der Waals surface area contributed by atoms with Crippen molar-refractivity contribution in [2.45, 2.75) is 25.3 Å². The van der Waals surface area contributed by atoms with Crippen molar-refractivity contribution < 1.29 is 14.0 Å². The van der Waals surface area contributed by atoms with Gasteiger partial charge >= 0.3 is 0 Å². The van der Waals surface area contributed by atoms with Gasteiger partial charge in [0.15, 0.2) is 0 Å². The van der Waals surface area contributed by atoms with E-state index in [-0.39, 0.29) is 17.5 Å². The van der Waals surface area contributed by atoms with E-state index in [0.717, 1.165) is 0 Å². The summed E-state index contributed by atoms with van der Waals surface area (Å²) in [6.45, 7) is 0. The van der Waals surface area contributed by atoms with Crippen LogP contribution in [0.4, 0.5) is 10.1 Å². The summed E-state index contributed by atoms with van der Waals surface area (Å²) in [6.07, 6.45) is 1.72. The molecule has 1 saturated heterocycles. The van der Waals surface area contributed by atoms with Crippen LogP contribution in [0.25, 0.3) is 0 Å². The van der Waals surface area contributed by atoms with Gasteiger partial charge in [0.1, 0.15) is 11.9 Å². The van der Waals surface area contributed by atoms with E-state index in [1.54, 1.807) is 12.1 Å². The summed E-state index contributed by atoms with van der Waals surface area (Å²) in [5, 5.41) is 5.05. The second-order valence-corrected chi connectivity index (χ2v) is 3.98. The first-order chi connectivity index (χ1) is 8.16. The van der Waals surface area contributed by atoms with Gasteiger partial charge in [-0.2, -0.15) is 0 Å². The lowest BCUT2D eigenvalue weighted by molar-refractivity contribution is -0.128. The van der Waals surface area contributed by atoms with Crippen LogP contribution in [0.2, 0.25) is 0 Å². The molecular weight excluding hydrogens is 223 g/mol. The number of para-hydroxylation sites is 1. The molecule has 1 aromatic carbocycles. The van der Waals surface area contributed by atoms with Crippen LogP contribution in [-0.4, -0.2) is 17.9 Å². The lowest BCUT2D eigenvalue weighted by Gasteiger charge is -2.22. The fraction of sp³-hybridized carbons (Fsp3) is 0.333. The molecule has 4 nitrogen and oxygen atoms in total. The molecule has 1 aliphatic heterocycles. The molecule has 1 atom stereocenters. The molecule has 17 heavy (non-hydrogen) atoms. The van der Waals surface area contributed by atoms with Crippen molar-refractivity contribution in [1.29, 1.82) is 0 Å². The number of piperidine rings is 1. The van der Waals surface area contributed by atoms with Crippen molar-refractivity contribution in [1.82, 2.24) is 5.32 Å². The van der Waals surface area contributed by atoms with Crippen molar-refractivity contribution in [3.05, 3.63) is 30.1 Å². The van der Waals surface area contributed by atoms with E-state index in [2.05, 4.69) is 10.6 Å². The molecule has 1 aromatic rings. The van der Waals surface area contributed by atoms with Crippen molar-refractivity contribution in [3.8, 4) is 0 Å². The summed E-state index contributed by atoms with van der Waals surface area (Å²) >= 11 is 0. The third-order valence-corrected chi connectivity index (χ3v) is 2.68. The second kappa shape index (κ2) is 4.95. The molecule has 0 radical (unpaired) electrons. The lowest BCUT2D eigenvalue weighted by Crippen LogP contribution is -2.46. The van der Waals surface area contributed by atoms with Gasteiger partial charge in [0.2, 0.25) is 11.8 Å². The van der Waals surface area contributed by atoms with Crippen LogP contribution in [0.15, 0.2) is 24.3 Å². The summed E-state index contributed by atoms with van der Waals surface area (Å²) < 4.78 is 13.3. The summed E-state index contributed by atoms with van der Waals surface area (Å²) in [5.74, 6) is -0.990. The normalized spacial score (nSPS) is 19.6. The molecule has 1 fully saturated rings. The average molecular weight is 236 g/mol. The topological polar surface area (TPSA) is 58.2 Å². The number of carbonyl (C=O) groups excluding carboxylic acids is 2. The summed E-state index contributed by atoms with van der Waals surface area (Å²) in [6, 6.07) is 5.38. The van der Waals surface area contributed by atoms with Gasteiger partial charge < -0.3 is 10.6 Å². The van der Waals surface area contributed by atoms with E-state index in [0.29, 0.717) is 19.3 Å². The molecule has 5 heteroatoms. The van der Waals surface area contributed by atoms with E-state index < -0.39 is 11.9 Å². The Morgan fingerprint density at radius 3 is 2.88 bits per heavy atom. The highest BCUT2D eigenvalue weighted by Gasteiger charge is 2.24. The highest BCUT2D eigenvalue weighted by atomic mass is 19.1. The Morgan fingerprint density at radius 1 is 1.41 bits per heavy atom. The number of halogens is 1. The molecule has 2 N–H and O–H groups in total. The van der Waals surface area contributed by atoms with Gasteiger partial charge in [0, 0.05) is 6.42 Å². The minimum Gasteiger partial charge on any atom is -0.344 e. The van der Waals surface area contributed by atoms with Crippen LogP contribution < -0.4 is 10.6 Å². The molecule has 0 saturated carbocycles. The van der Waals surface area contributed by atoms with E-state index in [4.69, 9.17) is 0 Å². The second-order valence-electron chi connectivity index (χ2n) is 3.98. The Morgan fingerprint density at radius 2 is 2.18 bits per heavy atom. The Kier molecular flexibility index (Phi) is 3.37. The molecular formula is C12H13FN2O2. The fourth-order valence-electron chi connectivity index (χ4n) is 1.78. The molecule has 90 valence electrons. The van der Waals surface area contributed by atoms with Gasteiger partial charge in [0.05, 0.1) is 5.69 Å². The standard InChI is InChI=1S/C12H13FN2O2/c13-8-4-1-2-5-9(8)15-12(17)10-6-3-7-11(16)14-10/h1-2,4-5,10H,3,6-7H2,(H,14,16)(H,15,17)/t10-/m1/s1. The minimum absolute atomic E-state index is 0.134. The highest BCUT2D eigenvalue weighted by molar-refractivity contribution is 5.97. The van der Waals surface area contributed by atoms with Gasteiger partial charge in [0.25, 0.3) is 0 Å². The average Bonchev–Trinajstić information content (AvgIpc) is 2.32. The minimum atomic E-state index is -0.559. The van der Waals surface area contributed by atoms with Crippen molar-refractivity contribution in [2.75, 3.05) is 5.32 Å². The Bertz CT molecular complexity index is 448. The maximum Gasteiger partial charge on any atom is 0.247 e. The first-order valence-corrected chi connectivity index (χ1v) is 5.51. The van der Waals surface area contributed by atoms with Gasteiger partial charge in [-0.3, -0.25) is 9.59 Å². The summed E-state index contributed by atoms with van der Waals surface area (Å²) in [5.41, 5.74) is 0.136. The first-order valence-electron chi connectivity index (χ1n) is 5.51. The number of benzene rings is 1. The predicted octanol–water partition coefficient (Wildman–Crippen LogP) is 1.43. The molecule has 0 spiro atoms. The summed E-state index contributed by atoms with van der Waals surface area (Å²) in [4.78, 5) is 22.9. The maximum absolute atomic E-state index is 13.3. The van der Waals surface area contributed by atoms with E-state index in [1.807, 2.05) is 0 Å². The van der Waals surface area contributed by atoms with Crippen LogP contribution in [0.3, 0.4) is 0 Å². The molecule has 2 amide bonds. The number of rotatable bonds is 2. The number of hydrogen-bond acceptors (Lipinski definition) is 2. The smallest absolute Gasteiger partial charge is 0.247 e. The molecule has 1 aliphatic rings. The number of amides is 2. The zero-order valence-corrected chi connectivity index (χ0v) is 9.20. The van der Waals surface area contributed by atoms with Crippen LogP contribution in [-0.2, 0) is 9.59 Å². The van der Waals surface area contributed by atoms with Gasteiger partial charge in [-0.25, -0.2) is 4.39 Å². The molecule has 0 unspecified atom stereocenters. The zero-order chi connectivity index (χ0) is 12.3. The predicted molar refractivity (Wildman–Crippen MR) is 60.8 cm³/mol. The molecule has 0 aromatic heterocycles. The Balaban J connectivity index is 2.02. The third kappa shape index (κ3) is 2.81. The number of anilines is 1. The summed E-state index contributed by atoms with van der Waals surface area (Å²) in [7, 11) is 0. The molecule has 0 aliphatic carbocycles. The quantitative estimate of drug-likeness (QED) is 0.816. The van der Waals surface area contributed by atoms with Gasteiger partial charge in [-0.05, 0) is 25.0 Å². The zero-order valence-electron chi connectivity index (χ0n) is 9.20. The number of hydrogen-bond donors (Lipinski definition) is 2. The van der Waals surface area contributed by atoms with Gasteiger partial charge in [-0.15, -0.1) is 0 Å². The van der Waals surface area contributed by atoms with Crippen molar-refractivity contribution in [2.24, 2.45) is 0 Å². The number of carbonyl (C=O) groups is 2. The monoisotopic (exact) mass is 236 g/mol. The van der Waals surface area contributed by atoms with Gasteiger partial charge in [-0.1, -0.05) is 12.1 Å². The van der Waals surface area contributed by atoms with Crippen molar-refractivity contribution in [3.63, 3.8) is 0 Å². The van der Waals surface area contributed by atoms with E-state index >= 15 is 0 Å². The van der Waals surface area contributed by atoms with Crippen LogP contribution in [0, 0.1) is 5.82 Å². The van der Waals surface area contributed by atoms with E-state index in [9.17, 15) is 14.0 Å². The fourth-order valence-corrected chi connectivity index (χ4v) is 1.78.